The molecule has 0 atom stereocenters. The van der Waals surface area contributed by atoms with Gasteiger partial charge in [0.15, 0.2) is 11.2 Å². The van der Waals surface area contributed by atoms with Crippen LogP contribution in [0.2, 0.25) is 0 Å². The molecule has 1 aromatic carbocycles. The third kappa shape index (κ3) is 24.9. The quantitative estimate of drug-likeness (QED) is 0.0337. The molecule has 0 saturated heterocycles. The van der Waals surface area contributed by atoms with Crippen LogP contribution >= 0.6 is 0 Å². The van der Waals surface area contributed by atoms with Crippen LogP contribution < -0.4 is 32.6 Å². The summed E-state index contributed by atoms with van der Waals surface area (Å²) in [7, 11) is 0. The highest BCUT2D eigenvalue weighted by Gasteiger charge is 2.33. The molecule has 0 radical (unpaired) electrons. The second-order valence-electron chi connectivity index (χ2n) is 15.9. The Balaban J connectivity index is 1.11. The summed E-state index contributed by atoms with van der Waals surface area (Å²) in [5, 5.41) is 11.9. The van der Waals surface area contributed by atoms with Gasteiger partial charge in [-0.25, -0.2) is 9.97 Å². The highest BCUT2D eigenvalue weighted by atomic mass is 16.6. The van der Waals surface area contributed by atoms with Gasteiger partial charge in [-0.3, -0.25) is 24.2 Å². The van der Waals surface area contributed by atoms with E-state index >= 15 is 0 Å². The molecule has 2 heterocycles. The fraction of sp³-hybridized carbons (Fsp3) is 0.562. The SMILES string of the molecule is C#CCOCC(COCC#C)(COCC#C)NC(=O)CCOCCOCCOCCOCCOCCOCCNC(=O)CCC(C)(C)NC(=O)c1ccc(NCc2cnc3nc(N)[nH]c(=O)c3n2)cc1. The van der Waals surface area contributed by atoms with Crippen molar-refractivity contribution in [2.24, 2.45) is 0 Å². The van der Waals surface area contributed by atoms with Gasteiger partial charge in [-0.1, -0.05) is 17.8 Å². The maximum atomic E-state index is 13.0. The van der Waals surface area contributed by atoms with Gasteiger partial charge in [-0.15, -0.1) is 19.3 Å². The van der Waals surface area contributed by atoms with Crippen LogP contribution in [0.3, 0.4) is 0 Å². The van der Waals surface area contributed by atoms with E-state index in [-0.39, 0.29) is 100 Å². The normalized spacial score (nSPS) is 11.4. The summed E-state index contributed by atoms with van der Waals surface area (Å²) < 4.78 is 49.6. The molecule has 382 valence electrons. The number of fused-ring (bicyclic) bond motifs is 1. The standard InChI is InChI=1S/C48H67N9O13/c1-6-17-68-34-48(35-69-18-7-2,36-70-19-8-3)56-41(59)14-20-62-22-24-64-26-28-66-30-31-67-29-27-65-25-23-63-21-16-50-40(58)13-15-47(4,5)57-44(60)37-9-11-38(12-10-37)51-32-39-33-52-43-42(53-39)45(61)55-46(49)54-43/h1-3,9-12,33,51H,13-32,34-36H2,4-5H3,(H,50,58)(H,56,59)(H,57,60)(H3,49,52,54,55,61). The molecule has 2 aromatic heterocycles. The van der Waals surface area contributed by atoms with Gasteiger partial charge in [-0.05, 0) is 44.5 Å². The van der Waals surface area contributed by atoms with E-state index in [1.165, 1.54) is 6.20 Å². The molecular formula is C48H67N9O13. The molecule has 22 nitrogen and oxygen atoms in total. The zero-order valence-corrected chi connectivity index (χ0v) is 40.1. The molecular weight excluding hydrogens is 911 g/mol. The summed E-state index contributed by atoms with van der Waals surface area (Å²) >= 11 is 0. The van der Waals surface area contributed by atoms with Crippen molar-refractivity contribution < 1.29 is 57.0 Å². The zero-order chi connectivity index (χ0) is 50.7. The first kappa shape index (κ1) is 58.1. The number of amides is 3. The van der Waals surface area contributed by atoms with Crippen molar-refractivity contribution in [3.05, 3.63) is 52.1 Å². The number of anilines is 2. The summed E-state index contributed by atoms with van der Waals surface area (Å²) in [4.78, 5) is 65.1. The number of terminal acetylenes is 3. The molecule has 0 aliphatic carbocycles. The number of nitrogens with one attached hydrogen (secondary N) is 5. The molecule has 0 spiro atoms. The van der Waals surface area contributed by atoms with E-state index in [2.05, 4.69) is 59.0 Å². The van der Waals surface area contributed by atoms with Crippen molar-refractivity contribution in [2.75, 3.05) is 137 Å². The summed E-state index contributed by atoms with van der Waals surface area (Å²) in [6.45, 7) is 8.78. The Morgan fingerprint density at radius 2 is 1.19 bits per heavy atom. The number of nitrogens with two attached hydrogens (primary N) is 1. The lowest BCUT2D eigenvalue weighted by Gasteiger charge is -2.33. The number of aromatic amines is 1. The van der Waals surface area contributed by atoms with Crippen LogP contribution in [0.25, 0.3) is 11.2 Å². The molecule has 0 aliphatic rings. The fourth-order valence-corrected chi connectivity index (χ4v) is 6.08. The minimum atomic E-state index is -1.04. The number of carbonyl (C=O) groups excluding carboxylic acids is 3. The number of H-pyrrole nitrogens is 1. The molecule has 0 saturated carbocycles. The predicted molar refractivity (Wildman–Crippen MR) is 259 cm³/mol. The van der Waals surface area contributed by atoms with Crippen LogP contribution in [0, 0.1) is 37.0 Å². The van der Waals surface area contributed by atoms with Gasteiger partial charge in [0, 0.05) is 36.2 Å². The van der Waals surface area contributed by atoms with Crippen molar-refractivity contribution in [3.63, 3.8) is 0 Å². The molecule has 0 fully saturated rings. The number of hydrogen-bond donors (Lipinski definition) is 6. The minimum absolute atomic E-state index is 0.0324. The first-order valence-corrected chi connectivity index (χ1v) is 22.6. The topological polar surface area (TPSA) is 280 Å². The second kappa shape index (κ2) is 34.1. The number of nitrogens with zero attached hydrogens (tertiary/aromatic N) is 3. The van der Waals surface area contributed by atoms with Gasteiger partial charge in [0.1, 0.15) is 25.4 Å². The summed E-state index contributed by atoms with van der Waals surface area (Å²) in [6, 6.07) is 6.90. The van der Waals surface area contributed by atoms with Crippen LogP contribution in [-0.2, 0) is 58.8 Å². The molecule has 0 aliphatic heterocycles. The number of nitrogen functional groups attached to an aromatic ring is 1. The van der Waals surface area contributed by atoms with Gasteiger partial charge in [0.25, 0.3) is 11.5 Å². The van der Waals surface area contributed by atoms with E-state index in [1.54, 1.807) is 24.3 Å². The Morgan fingerprint density at radius 3 is 1.71 bits per heavy atom. The maximum Gasteiger partial charge on any atom is 0.280 e. The van der Waals surface area contributed by atoms with E-state index in [1.807, 2.05) is 13.8 Å². The van der Waals surface area contributed by atoms with E-state index in [0.717, 1.165) is 5.69 Å². The average molecular weight is 978 g/mol. The number of hydrogen-bond acceptors (Lipinski definition) is 18. The Bertz CT molecular complexity index is 2150. The van der Waals surface area contributed by atoms with Crippen LogP contribution in [0.5, 0.6) is 0 Å². The lowest BCUT2D eigenvalue weighted by Crippen LogP contribution is -2.58. The highest BCUT2D eigenvalue weighted by molar-refractivity contribution is 5.95. The van der Waals surface area contributed by atoms with E-state index in [9.17, 15) is 19.2 Å². The summed E-state index contributed by atoms with van der Waals surface area (Å²) in [5.41, 5.74) is 5.37. The molecule has 70 heavy (non-hydrogen) atoms. The molecule has 0 unspecified atom stereocenters. The molecule has 3 amide bonds. The number of benzene rings is 1. The third-order valence-corrected chi connectivity index (χ3v) is 9.53. The van der Waals surface area contributed by atoms with Crippen molar-refractivity contribution in [1.29, 1.82) is 0 Å². The van der Waals surface area contributed by atoms with Gasteiger partial charge >= 0.3 is 0 Å². The van der Waals surface area contributed by atoms with Crippen LogP contribution in [-0.4, -0.2) is 174 Å². The average Bonchev–Trinajstić information content (AvgIpc) is 3.33. The number of aromatic nitrogens is 4. The molecule has 7 N–H and O–H groups in total. The van der Waals surface area contributed by atoms with Gasteiger partial charge in [0.2, 0.25) is 17.8 Å². The molecule has 3 aromatic rings. The smallest absolute Gasteiger partial charge is 0.280 e. The zero-order valence-electron chi connectivity index (χ0n) is 40.1. The third-order valence-electron chi connectivity index (χ3n) is 9.53. The summed E-state index contributed by atoms with van der Waals surface area (Å²) in [6.07, 6.45) is 18.1. The van der Waals surface area contributed by atoms with Crippen molar-refractivity contribution in [1.82, 2.24) is 35.9 Å². The number of ether oxygens (including phenoxy) is 9. The first-order valence-electron chi connectivity index (χ1n) is 22.6. The van der Waals surface area contributed by atoms with Crippen molar-refractivity contribution in [3.8, 4) is 37.0 Å². The van der Waals surface area contributed by atoms with E-state index in [4.69, 9.17) is 67.6 Å². The largest absolute Gasteiger partial charge is 0.379 e. The van der Waals surface area contributed by atoms with Crippen LogP contribution in [0.15, 0.2) is 35.3 Å². The maximum absolute atomic E-state index is 13.0. The van der Waals surface area contributed by atoms with Crippen LogP contribution in [0.1, 0.15) is 49.2 Å². The number of carbonyl (C=O) groups is 3. The minimum Gasteiger partial charge on any atom is -0.379 e. The van der Waals surface area contributed by atoms with Gasteiger partial charge in [-0.2, -0.15) is 4.98 Å². The van der Waals surface area contributed by atoms with Crippen LogP contribution in [0.4, 0.5) is 11.6 Å². The molecule has 22 heteroatoms. The van der Waals surface area contributed by atoms with Gasteiger partial charge in [0.05, 0.1) is 118 Å². The Hall–Kier alpha value is -6.23. The molecule has 3 rings (SSSR count). The second-order valence-corrected chi connectivity index (χ2v) is 15.9. The van der Waals surface area contributed by atoms with E-state index < -0.39 is 16.6 Å². The van der Waals surface area contributed by atoms with Crippen molar-refractivity contribution in [2.45, 2.75) is 50.7 Å². The molecule has 0 bridgehead atoms. The number of rotatable bonds is 39. The fourth-order valence-electron chi connectivity index (χ4n) is 6.08. The predicted octanol–water partition coefficient (Wildman–Crippen LogP) is 0.606. The van der Waals surface area contributed by atoms with Gasteiger partial charge < -0.3 is 69.6 Å². The van der Waals surface area contributed by atoms with Crippen molar-refractivity contribution >= 4 is 40.5 Å². The summed E-state index contributed by atoms with van der Waals surface area (Å²) in [5.74, 6) is 6.40. The lowest BCUT2D eigenvalue weighted by molar-refractivity contribution is -0.128. The highest BCUT2D eigenvalue weighted by Crippen LogP contribution is 2.16. The Morgan fingerprint density at radius 1 is 0.671 bits per heavy atom. The Labute approximate surface area is 408 Å². The van der Waals surface area contributed by atoms with E-state index in [0.29, 0.717) is 96.9 Å². The lowest BCUT2D eigenvalue weighted by atomic mass is 9.97. The first-order chi connectivity index (χ1) is 33.9. The monoisotopic (exact) mass is 977 g/mol. The Kier molecular flexibility index (Phi) is 28.3.